The highest BCUT2D eigenvalue weighted by Crippen LogP contribution is 2.35. The molecule has 6 heteroatoms. The van der Waals surface area contributed by atoms with E-state index in [4.69, 9.17) is 5.10 Å². The van der Waals surface area contributed by atoms with E-state index in [1.165, 1.54) is 25.7 Å². The summed E-state index contributed by atoms with van der Waals surface area (Å²) < 4.78 is 1.89. The van der Waals surface area contributed by atoms with E-state index in [1.807, 2.05) is 41.9 Å². The van der Waals surface area contributed by atoms with E-state index in [-0.39, 0.29) is 24.2 Å². The van der Waals surface area contributed by atoms with E-state index >= 15 is 0 Å². The molecule has 2 heterocycles. The second kappa shape index (κ2) is 8.23. The van der Waals surface area contributed by atoms with E-state index in [0.717, 1.165) is 30.3 Å². The van der Waals surface area contributed by atoms with Crippen LogP contribution in [0.25, 0.3) is 5.69 Å². The van der Waals surface area contributed by atoms with E-state index in [1.54, 1.807) is 0 Å². The lowest BCUT2D eigenvalue weighted by molar-refractivity contribution is -0.121. The molecule has 1 saturated heterocycles. The number of rotatable bonds is 5. The molecule has 0 spiro atoms. The first kappa shape index (κ1) is 18.9. The van der Waals surface area contributed by atoms with Gasteiger partial charge < -0.3 is 10.6 Å². The van der Waals surface area contributed by atoms with Crippen LogP contribution in [0.2, 0.25) is 0 Å². The van der Waals surface area contributed by atoms with Crippen LogP contribution in [0.15, 0.2) is 36.4 Å². The average molecular weight is 375 g/mol. The van der Waals surface area contributed by atoms with Gasteiger partial charge in [-0.15, -0.1) is 12.4 Å². The number of carbonyl (C=O) groups excluding carboxylic acids is 1. The quantitative estimate of drug-likeness (QED) is 0.838. The summed E-state index contributed by atoms with van der Waals surface area (Å²) in [4.78, 5) is 12.7. The summed E-state index contributed by atoms with van der Waals surface area (Å²) in [5, 5.41) is 11.2. The Balaban J connectivity index is 0.00000196. The average Bonchev–Trinajstić information content (AvgIpc) is 3.23. The van der Waals surface area contributed by atoms with Gasteiger partial charge in [0.15, 0.2) is 0 Å². The van der Waals surface area contributed by atoms with Crippen LogP contribution in [0, 0.1) is 11.8 Å². The Hall–Kier alpha value is -1.85. The van der Waals surface area contributed by atoms with Crippen LogP contribution < -0.4 is 10.6 Å². The fraction of sp³-hybridized carbons (Fsp3) is 0.500. The Morgan fingerprint density at radius 2 is 1.92 bits per heavy atom. The van der Waals surface area contributed by atoms with E-state index in [9.17, 15) is 4.79 Å². The van der Waals surface area contributed by atoms with Crippen molar-refractivity contribution in [2.24, 2.45) is 11.8 Å². The molecule has 1 aromatic carbocycles. The van der Waals surface area contributed by atoms with Crippen molar-refractivity contribution in [1.82, 2.24) is 15.1 Å². The Morgan fingerprint density at radius 1 is 1.23 bits per heavy atom. The minimum atomic E-state index is 0. The van der Waals surface area contributed by atoms with E-state index in [2.05, 4.69) is 16.7 Å². The summed E-state index contributed by atoms with van der Waals surface area (Å²) >= 11 is 0. The Bertz CT molecular complexity index is 736. The number of nitrogens with one attached hydrogen (secondary N) is 2. The lowest BCUT2D eigenvalue weighted by atomic mass is 9.88. The number of para-hydroxylation sites is 1. The van der Waals surface area contributed by atoms with Crippen LogP contribution in [0.4, 0.5) is 5.82 Å². The first-order valence-corrected chi connectivity index (χ1v) is 9.39. The van der Waals surface area contributed by atoms with Crippen molar-refractivity contribution in [1.29, 1.82) is 0 Å². The van der Waals surface area contributed by atoms with Crippen molar-refractivity contribution in [3.8, 4) is 5.69 Å². The summed E-state index contributed by atoms with van der Waals surface area (Å²) in [5.74, 6) is 1.84. The maximum atomic E-state index is 12.7. The van der Waals surface area contributed by atoms with Crippen LogP contribution >= 0.6 is 12.4 Å². The maximum absolute atomic E-state index is 12.7. The number of halogens is 1. The Kier molecular flexibility index (Phi) is 5.99. The molecule has 26 heavy (non-hydrogen) atoms. The van der Waals surface area contributed by atoms with Crippen molar-refractivity contribution in [2.45, 2.75) is 38.5 Å². The van der Waals surface area contributed by atoms with E-state index in [0.29, 0.717) is 11.8 Å². The number of nitrogens with zero attached hydrogens (tertiary/aromatic N) is 2. The predicted molar refractivity (Wildman–Crippen MR) is 106 cm³/mol. The van der Waals surface area contributed by atoms with Gasteiger partial charge in [-0.1, -0.05) is 38.0 Å². The lowest BCUT2D eigenvalue weighted by Crippen LogP contribution is -2.48. The fourth-order valence-electron chi connectivity index (χ4n) is 3.79. The van der Waals surface area contributed by atoms with Crippen LogP contribution in [0.1, 0.15) is 44.2 Å². The molecule has 2 aromatic rings. The monoisotopic (exact) mass is 374 g/mol. The maximum Gasteiger partial charge on any atom is 0.228 e. The summed E-state index contributed by atoms with van der Waals surface area (Å²) in [6, 6.07) is 12.1. The van der Waals surface area contributed by atoms with Gasteiger partial charge in [0.1, 0.15) is 5.82 Å². The third kappa shape index (κ3) is 3.79. The van der Waals surface area contributed by atoms with E-state index < -0.39 is 0 Å². The van der Waals surface area contributed by atoms with Gasteiger partial charge in [-0.25, -0.2) is 4.68 Å². The Morgan fingerprint density at radius 3 is 2.54 bits per heavy atom. The molecule has 1 unspecified atom stereocenters. The zero-order valence-corrected chi connectivity index (χ0v) is 16.0. The van der Waals surface area contributed by atoms with Gasteiger partial charge in [-0.3, -0.25) is 4.79 Å². The molecule has 1 aliphatic heterocycles. The SMILES string of the molecule is CC(C(=O)Nc1cc(C2CCCC2)nn1-c1ccccc1)C1CNC1.Cl. The molecular formula is C20H27ClN4O. The van der Waals surface area contributed by atoms with Gasteiger partial charge in [0, 0.05) is 17.9 Å². The molecule has 1 aromatic heterocycles. The zero-order valence-electron chi connectivity index (χ0n) is 15.1. The highest BCUT2D eigenvalue weighted by molar-refractivity contribution is 5.92. The first-order chi connectivity index (χ1) is 12.2. The fourth-order valence-corrected chi connectivity index (χ4v) is 3.79. The van der Waals surface area contributed by atoms with Crippen molar-refractivity contribution in [2.75, 3.05) is 18.4 Å². The third-order valence-electron chi connectivity index (χ3n) is 5.69. The van der Waals surface area contributed by atoms with Crippen LogP contribution in [0.5, 0.6) is 0 Å². The van der Waals surface area contributed by atoms with Crippen molar-refractivity contribution in [3.05, 3.63) is 42.1 Å². The van der Waals surface area contributed by atoms with Gasteiger partial charge in [0.2, 0.25) is 5.91 Å². The summed E-state index contributed by atoms with van der Waals surface area (Å²) in [5.41, 5.74) is 2.09. The molecule has 0 radical (unpaired) electrons. The topological polar surface area (TPSA) is 59.0 Å². The van der Waals surface area contributed by atoms with Crippen molar-refractivity contribution >= 4 is 24.1 Å². The predicted octanol–water partition coefficient (Wildman–Crippen LogP) is 3.75. The highest BCUT2D eigenvalue weighted by atomic mass is 35.5. The zero-order chi connectivity index (χ0) is 17.2. The van der Waals surface area contributed by atoms with Crippen molar-refractivity contribution < 1.29 is 4.79 Å². The minimum absolute atomic E-state index is 0. The van der Waals surface area contributed by atoms with Gasteiger partial charge >= 0.3 is 0 Å². The molecule has 2 N–H and O–H groups in total. The van der Waals surface area contributed by atoms with Crippen LogP contribution in [-0.2, 0) is 4.79 Å². The number of carbonyl (C=O) groups is 1. The number of hydrogen-bond donors (Lipinski definition) is 2. The molecule has 2 aliphatic rings. The minimum Gasteiger partial charge on any atom is -0.316 e. The van der Waals surface area contributed by atoms with Gasteiger partial charge in [0.05, 0.1) is 11.4 Å². The molecule has 5 nitrogen and oxygen atoms in total. The molecule has 1 atom stereocenters. The molecule has 1 aliphatic carbocycles. The lowest BCUT2D eigenvalue weighted by Gasteiger charge is -2.31. The molecule has 1 amide bonds. The number of aromatic nitrogens is 2. The molecule has 140 valence electrons. The summed E-state index contributed by atoms with van der Waals surface area (Å²) in [6.45, 7) is 3.88. The molecule has 4 rings (SSSR count). The highest BCUT2D eigenvalue weighted by Gasteiger charge is 2.30. The molecular weight excluding hydrogens is 348 g/mol. The molecule has 0 bridgehead atoms. The summed E-state index contributed by atoms with van der Waals surface area (Å²) in [7, 11) is 0. The van der Waals surface area contributed by atoms with Gasteiger partial charge in [-0.2, -0.15) is 5.10 Å². The largest absolute Gasteiger partial charge is 0.316 e. The smallest absolute Gasteiger partial charge is 0.228 e. The number of hydrogen-bond acceptors (Lipinski definition) is 3. The van der Waals surface area contributed by atoms with Crippen LogP contribution in [0.3, 0.4) is 0 Å². The second-order valence-electron chi connectivity index (χ2n) is 7.38. The van der Waals surface area contributed by atoms with Gasteiger partial charge in [0.25, 0.3) is 0 Å². The number of anilines is 1. The third-order valence-corrected chi connectivity index (χ3v) is 5.69. The van der Waals surface area contributed by atoms with Crippen molar-refractivity contribution in [3.63, 3.8) is 0 Å². The number of amides is 1. The molecule has 1 saturated carbocycles. The summed E-state index contributed by atoms with van der Waals surface area (Å²) in [6.07, 6.45) is 4.94. The van der Waals surface area contributed by atoms with Gasteiger partial charge in [-0.05, 0) is 44.0 Å². The first-order valence-electron chi connectivity index (χ1n) is 9.39. The molecule has 2 fully saturated rings. The number of benzene rings is 1. The normalized spacial score (nSPS) is 18.8. The van der Waals surface area contributed by atoms with Crippen LogP contribution in [-0.4, -0.2) is 28.8 Å². The second-order valence-corrected chi connectivity index (χ2v) is 7.38. The standard InChI is InChI=1S/C20H26N4O.ClH/c1-14(16-12-21-13-16)20(25)22-19-11-18(15-7-5-6-8-15)23-24(19)17-9-3-2-4-10-17;/h2-4,9-11,14-16,21H,5-8,12-13H2,1H3,(H,22,25);1H. The Labute approximate surface area is 161 Å².